The van der Waals surface area contributed by atoms with E-state index in [0.29, 0.717) is 12.2 Å². The molecule has 0 aromatic heterocycles. The lowest BCUT2D eigenvalue weighted by Gasteiger charge is -2.21. The van der Waals surface area contributed by atoms with Crippen LogP contribution < -0.4 is 0 Å². The molecular weight excluding hydrogens is 284 g/mol. The molecule has 1 atom stereocenters. The fourth-order valence-electron chi connectivity index (χ4n) is 2.27. The minimum atomic E-state index is -3.18. The summed E-state index contributed by atoms with van der Waals surface area (Å²) in [5.74, 6) is -0.589. The number of carboxylic acid groups (broad SMARTS) is 1. The van der Waals surface area contributed by atoms with Crippen molar-refractivity contribution >= 4 is 27.6 Å². The lowest BCUT2D eigenvalue weighted by molar-refractivity contribution is -0.147. The summed E-state index contributed by atoms with van der Waals surface area (Å²) < 4.78 is 23.0. The van der Waals surface area contributed by atoms with Crippen LogP contribution in [0.25, 0.3) is 0 Å². The first-order valence-electron chi connectivity index (χ1n) is 6.05. The Hall–Kier alpha value is -1.01. The minimum absolute atomic E-state index is 0.00466. The van der Waals surface area contributed by atoms with Gasteiger partial charge in [-0.3, -0.25) is 4.79 Å². The van der Waals surface area contributed by atoms with E-state index in [0.717, 1.165) is 4.90 Å². The highest BCUT2D eigenvalue weighted by Crippen LogP contribution is 2.37. The van der Waals surface area contributed by atoms with E-state index in [1.54, 1.807) is 11.8 Å². The van der Waals surface area contributed by atoms with Gasteiger partial charge in [-0.05, 0) is 30.7 Å². The fraction of sp³-hybridized carbons (Fsp3) is 0.462. The van der Waals surface area contributed by atoms with Crippen molar-refractivity contribution in [1.82, 2.24) is 0 Å². The van der Waals surface area contributed by atoms with E-state index < -0.39 is 21.2 Å². The molecule has 1 aliphatic rings. The van der Waals surface area contributed by atoms with Gasteiger partial charge >= 0.3 is 5.97 Å². The number of rotatable bonds is 5. The van der Waals surface area contributed by atoms with Crippen LogP contribution in [0.4, 0.5) is 0 Å². The van der Waals surface area contributed by atoms with Crippen LogP contribution in [0.15, 0.2) is 35.2 Å². The maximum absolute atomic E-state index is 11.5. The van der Waals surface area contributed by atoms with Crippen molar-refractivity contribution < 1.29 is 18.3 Å². The van der Waals surface area contributed by atoms with Crippen LogP contribution in [0, 0.1) is 5.41 Å². The first-order valence-corrected chi connectivity index (χ1v) is 8.86. The molecule has 19 heavy (non-hydrogen) atoms. The molecule has 2 rings (SSSR count). The Morgan fingerprint density at radius 3 is 2.53 bits per heavy atom. The van der Waals surface area contributed by atoms with Gasteiger partial charge in [-0.1, -0.05) is 18.2 Å². The van der Waals surface area contributed by atoms with Gasteiger partial charge in [0.1, 0.15) is 0 Å². The number of thioether (sulfide) groups is 1. The minimum Gasteiger partial charge on any atom is -0.481 e. The number of carboxylic acids is 1. The summed E-state index contributed by atoms with van der Waals surface area (Å²) in [5, 5.41) is 9.32. The van der Waals surface area contributed by atoms with Crippen LogP contribution in [0.2, 0.25) is 0 Å². The standard InChI is InChI=1S/C13H16O4S2/c14-12(15)13(7-9-19(16,17)10-13)6-8-18-11-4-2-1-3-5-11/h1-5H,6-10H2,(H,14,15). The molecule has 0 bridgehead atoms. The average Bonchev–Trinajstić information content (AvgIpc) is 2.68. The number of benzene rings is 1. The van der Waals surface area contributed by atoms with Gasteiger partial charge in [0, 0.05) is 4.90 Å². The van der Waals surface area contributed by atoms with Gasteiger partial charge in [0.25, 0.3) is 0 Å². The van der Waals surface area contributed by atoms with Gasteiger partial charge in [0.05, 0.1) is 16.9 Å². The van der Waals surface area contributed by atoms with E-state index in [-0.39, 0.29) is 17.9 Å². The normalized spacial score (nSPS) is 25.3. The molecule has 1 N–H and O–H groups in total. The first kappa shape index (κ1) is 14.4. The zero-order valence-electron chi connectivity index (χ0n) is 10.4. The Morgan fingerprint density at radius 2 is 2.00 bits per heavy atom. The van der Waals surface area contributed by atoms with E-state index in [1.165, 1.54) is 0 Å². The number of carbonyl (C=O) groups is 1. The second-order valence-electron chi connectivity index (χ2n) is 4.84. The molecule has 1 saturated heterocycles. The van der Waals surface area contributed by atoms with Crippen LogP contribution in [0.1, 0.15) is 12.8 Å². The number of hydrogen-bond acceptors (Lipinski definition) is 4. The summed E-state index contributed by atoms with van der Waals surface area (Å²) in [5.41, 5.74) is -1.08. The zero-order valence-corrected chi connectivity index (χ0v) is 12.0. The SMILES string of the molecule is O=C(O)C1(CCSc2ccccc2)CCS(=O)(=O)C1. The van der Waals surface area contributed by atoms with Crippen LogP contribution in [0.3, 0.4) is 0 Å². The van der Waals surface area contributed by atoms with Gasteiger partial charge in [-0.2, -0.15) is 0 Å². The lowest BCUT2D eigenvalue weighted by Crippen LogP contribution is -2.33. The molecule has 1 aliphatic heterocycles. The van der Waals surface area contributed by atoms with Crippen molar-refractivity contribution in [2.75, 3.05) is 17.3 Å². The van der Waals surface area contributed by atoms with Gasteiger partial charge in [-0.15, -0.1) is 11.8 Å². The van der Waals surface area contributed by atoms with E-state index in [1.807, 2.05) is 30.3 Å². The van der Waals surface area contributed by atoms with Crippen LogP contribution >= 0.6 is 11.8 Å². The maximum atomic E-state index is 11.5. The first-order chi connectivity index (χ1) is 8.94. The molecule has 0 spiro atoms. The number of hydrogen-bond donors (Lipinski definition) is 1. The molecule has 1 fully saturated rings. The second kappa shape index (κ2) is 5.54. The zero-order chi connectivity index (χ0) is 13.9. The molecule has 4 nitrogen and oxygen atoms in total. The Balaban J connectivity index is 1.98. The molecule has 0 aliphatic carbocycles. The largest absolute Gasteiger partial charge is 0.481 e. The van der Waals surface area contributed by atoms with Gasteiger partial charge < -0.3 is 5.11 Å². The van der Waals surface area contributed by atoms with Crippen LogP contribution in [-0.4, -0.2) is 36.8 Å². The Labute approximate surface area is 117 Å². The van der Waals surface area contributed by atoms with E-state index >= 15 is 0 Å². The third-order valence-corrected chi connectivity index (χ3v) is 6.27. The van der Waals surface area contributed by atoms with Crippen molar-refractivity contribution in [2.24, 2.45) is 5.41 Å². The Kier molecular flexibility index (Phi) is 4.20. The summed E-state index contributed by atoms with van der Waals surface area (Å²) in [7, 11) is -3.18. The molecule has 1 unspecified atom stereocenters. The smallest absolute Gasteiger partial charge is 0.310 e. The van der Waals surface area contributed by atoms with Crippen molar-refractivity contribution in [1.29, 1.82) is 0 Å². The molecule has 6 heteroatoms. The molecular formula is C13H16O4S2. The van der Waals surface area contributed by atoms with Crippen molar-refractivity contribution in [2.45, 2.75) is 17.7 Å². The summed E-state index contributed by atoms with van der Waals surface area (Å²) in [4.78, 5) is 12.5. The number of sulfone groups is 1. The van der Waals surface area contributed by atoms with Crippen molar-refractivity contribution in [3.8, 4) is 0 Å². The molecule has 0 radical (unpaired) electrons. The summed E-state index contributed by atoms with van der Waals surface area (Å²) in [6, 6.07) is 9.70. The molecule has 104 valence electrons. The summed E-state index contributed by atoms with van der Waals surface area (Å²) >= 11 is 1.57. The van der Waals surface area contributed by atoms with E-state index in [4.69, 9.17) is 0 Å². The predicted octanol–water partition coefficient (Wildman–Crippen LogP) is 2.06. The highest BCUT2D eigenvalue weighted by molar-refractivity contribution is 7.99. The van der Waals surface area contributed by atoms with E-state index in [2.05, 4.69) is 0 Å². The van der Waals surface area contributed by atoms with Crippen molar-refractivity contribution in [3.63, 3.8) is 0 Å². The van der Waals surface area contributed by atoms with Crippen molar-refractivity contribution in [3.05, 3.63) is 30.3 Å². The highest BCUT2D eigenvalue weighted by atomic mass is 32.2. The van der Waals surface area contributed by atoms with Crippen LogP contribution in [-0.2, 0) is 14.6 Å². The Morgan fingerprint density at radius 1 is 1.32 bits per heavy atom. The molecule has 1 aromatic carbocycles. The molecule has 1 heterocycles. The van der Waals surface area contributed by atoms with Gasteiger partial charge in [-0.25, -0.2) is 8.42 Å². The second-order valence-corrected chi connectivity index (χ2v) is 8.19. The topological polar surface area (TPSA) is 71.4 Å². The predicted molar refractivity (Wildman–Crippen MR) is 75.1 cm³/mol. The third kappa shape index (κ3) is 3.51. The monoisotopic (exact) mass is 300 g/mol. The quantitative estimate of drug-likeness (QED) is 0.843. The van der Waals surface area contributed by atoms with Gasteiger partial charge in [0.15, 0.2) is 9.84 Å². The molecule has 0 saturated carbocycles. The average molecular weight is 300 g/mol. The number of aliphatic carboxylic acids is 1. The van der Waals surface area contributed by atoms with E-state index in [9.17, 15) is 18.3 Å². The summed E-state index contributed by atoms with van der Waals surface area (Å²) in [6.45, 7) is 0. The third-order valence-electron chi connectivity index (χ3n) is 3.43. The highest BCUT2D eigenvalue weighted by Gasteiger charge is 2.47. The Bertz CT molecular complexity index is 553. The van der Waals surface area contributed by atoms with Crippen LogP contribution in [0.5, 0.6) is 0 Å². The lowest BCUT2D eigenvalue weighted by atomic mass is 9.85. The fourth-order valence-corrected chi connectivity index (χ4v) is 5.45. The molecule has 0 amide bonds. The summed E-state index contributed by atoms with van der Waals surface area (Å²) in [6.07, 6.45) is 0.626. The maximum Gasteiger partial charge on any atom is 0.310 e. The molecule has 1 aromatic rings. The van der Waals surface area contributed by atoms with Gasteiger partial charge in [0.2, 0.25) is 0 Å².